The fraction of sp³-hybridized carbons (Fsp3) is 0.286. The Bertz CT molecular complexity index is 282. The highest BCUT2D eigenvalue weighted by Crippen LogP contribution is 2.15. The zero-order chi connectivity index (χ0) is 8.97. The van der Waals surface area contributed by atoms with Crippen LogP contribution in [0.25, 0.3) is 0 Å². The molecule has 0 saturated heterocycles. The predicted octanol–water partition coefficient (Wildman–Crippen LogP) is 0.850. The summed E-state index contributed by atoms with van der Waals surface area (Å²) in [6.07, 6.45) is 0. The van der Waals surface area contributed by atoms with Gasteiger partial charge < -0.3 is 5.73 Å². The predicted molar refractivity (Wildman–Crippen MR) is 49.3 cm³/mol. The van der Waals surface area contributed by atoms with Gasteiger partial charge >= 0.3 is 0 Å². The molecular formula is C7H11N3OS. The summed E-state index contributed by atoms with van der Waals surface area (Å²) < 4.78 is 0. The minimum Gasteiger partial charge on any atom is -0.368 e. The second kappa shape index (κ2) is 4.08. The van der Waals surface area contributed by atoms with Gasteiger partial charge in [0.1, 0.15) is 0 Å². The van der Waals surface area contributed by atoms with E-state index in [-0.39, 0.29) is 5.96 Å². The Morgan fingerprint density at radius 2 is 2.58 bits per heavy atom. The molecule has 0 atom stereocenters. The van der Waals surface area contributed by atoms with Crippen LogP contribution in [0.15, 0.2) is 16.4 Å². The summed E-state index contributed by atoms with van der Waals surface area (Å²) in [6, 6.07) is 2.03. The number of aliphatic imine (C=N–C) groups is 1. The summed E-state index contributed by atoms with van der Waals surface area (Å²) in [7, 11) is 0. The van der Waals surface area contributed by atoms with E-state index in [1.807, 2.05) is 18.4 Å². The van der Waals surface area contributed by atoms with Crippen molar-refractivity contribution in [3.05, 3.63) is 21.9 Å². The number of nitrogens with one attached hydrogen (secondary N) is 1. The molecule has 0 aliphatic carbocycles. The van der Waals surface area contributed by atoms with Crippen molar-refractivity contribution in [1.29, 1.82) is 0 Å². The second-order valence-electron chi connectivity index (χ2n) is 2.34. The van der Waals surface area contributed by atoms with Gasteiger partial charge in [-0.05, 0) is 23.9 Å². The van der Waals surface area contributed by atoms with Crippen molar-refractivity contribution in [1.82, 2.24) is 5.48 Å². The molecule has 0 radical (unpaired) electrons. The molecule has 4 nitrogen and oxygen atoms in total. The molecule has 0 bridgehead atoms. The van der Waals surface area contributed by atoms with Gasteiger partial charge in [0.25, 0.3) is 0 Å². The Hall–Kier alpha value is -1.07. The lowest BCUT2D eigenvalue weighted by atomic mass is 10.3. The molecule has 1 heterocycles. The lowest BCUT2D eigenvalue weighted by Gasteiger charge is -1.96. The highest BCUT2D eigenvalue weighted by molar-refractivity contribution is 7.10. The van der Waals surface area contributed by atoms with Gasteiger partial charge in [0.2, 0.25) is 5.96 Å². The Balaban J connectivity index is 2.59. The van der Waals surface area contributed by atoms with E-state index in [2.05, 4.69) is 4.99 Å². The lowest BCUT2D eigenvalue weighted by Crippen LogP contribution is -2.28. The quantitative estimate of drug-likeness (QED) is 0.363. The molecule has 0 aliphatic heterocycles. The third-order valence-corrected chi connectivity index (χ3v) is 2.48. The molecule has 0 spiro atoms. The Labute approximate surface area is 74.7 Å². The number of nitrogens with zero attached hydrogens (tertiary/aromatic N) is 1. The van der Waals surface area contributed by atoms with E-state index in [4.69, 9.17) is 10.9 Å². The Morgan fingerprint density at radius 3 is 3.08 bits per heavy atom. The van der Waals surface area contributed by atoms with E-state index in [1.165, 1.54) is 5.56 Å². The van der Waals surface area contributed by atoms with Gasteiger partial charge in [-0.2, -0.15) is 0 Å². The standard InChI is InChI=1S/C7H11N3OS/c1-5-2-3-12-6(5)4-9-7(8)10-11/h2-3,11H,4H2,1H3,(H3,8,9,10). The molecule has 66 valence electrons. The molecule has 0 saturated carbocycles. The van der Waals surface area contributed by atoms with Crippen LogP contribution in [0.4, 0.5) is 0 Å². The number of hydroxylamine groups is 1. The minimum atomic E-state index is 0.0443. The second-order valence-corrected chi connectivity index (χ2v) is 3.34. The van der Waals surface area contributed by atoms with Crippen LogP contribution in [0.2, 0.25) is 0 Å². The van der Waals surface area contributed by atoms with Gasteiger partial charge in [0.15, 0.2) is 0 Å². The number of thiophene rings is 1. The van der Waals surface area contributed by atoms with Crippen LogP contribution in [0.1, 0.15) is 10.4 Å². The van der Waals surface area contributed by atoms with Gasteiger partial charge in [-0.25, -0.2) is 10.5 Å². The Kier molecular flexibility index (Phi) is 3.07. The van der Waals surface area contributed by atoms with Crippen molar-refractivity contribution in [3.8, 4) is 0 Å². The maximum absolute atomic E-state index is 8.33. The van der Waals surface area contributed by atoms with E-state index in [0.717, 1.165) is 4.88 Å². The molecule has 12 heavy (non-hydrogen) atoms. The number of guanidine groups is 1. The highest BCUT2D eigenvalue weighted by Gasteiger charge is 1.97. The van der Waals surface area contributed by atoms with Crippen molar-refractivity contribution >= 4 is 17.3 Å². The van der Waals surface area contributed by atoms with E-state index in [0.29, 0.717) is 6.54 Å². The topological polar surface area (TPSA) is 70.6 Å². The molecule has 0 fully saturated rings. The van der Waals surface area contributed by atoms with Gasteiger partial charge in [-0.3, -0.25) is 5.21 Å². The van der Waals surface area contributed by atoms with Crippen molar-refractivity contribution in [3.63, 3.8) is 0 Å². The first-order valence-electron chi connectivity index (χ1n) is 3.47. The summed E-state index contributed by atoms with van der Waals surface area (Å²) >= 11 is 1.63. The maximum Gasteiger partial charge on any atom is 0.213 e. The average Bonchev–Trinajstić information content (AvgIpc) is 2.47. The van der Waals surface area contributed by atoms with E-state index in [1.54, 1.807) is 16.8 Å². The summed E-state index contributed by atoms with van der Waals surface area (Å²) in [4.78, 5) is 5.05. The van der Waals surface area contributed by atoms with Crippen LogP contribution < -0.4 is 11.2 Å². The summed E-state index contributed by atoms with van der Waals surface area (Å²) in [5.74, 6) is 0.0443. The number of hydrogen-bond acceptors (Lipinski definition) is 3. The third-order valence-electron chi connectivity index (χ3n) is 1.48. The normalized spacial score (nSPS) is 11.7. The molecule has 0 unspecified atom stereocenters. The van der Waals surface area contributed by atoms with Gasteiger partial charge in [0, 0.05) is 4.88 Å². The third kappa shape index (κ3) is 2.21. The van der Waals surface area contributed by atoms with Crippen molar-refractivity contribution in [2.45, 2.75) is 13.5 Å². The fourth-order valence-electron chi connectivity index (χ4n) is 0.758. The first-order valence-corrected chi connectivity index (χ1v) is 4.35. The maximum atomic E-state index is 8.33. The largest absolute Gasteiger partial charge is 0.368 e. The van der Waals surface area contributed by atoms with Gasteiger partial charge in [-0.15, -0.1) is 11.3 Å². The summed E-state index contributed by atoms with van der Waals surface area (Å²) in [5, 5.41) is 10.3. The number of rotatable bonds is 2. The average molecular weight is 185 g/mol. The molecule has 4 N–H and O–H groups in total. The fourth-order valence-corrected chi connectivity index (χ4v) is 1.59. The van der Waals surface area contributed by atoms with Crippen LogP contribution in [0.3, 0.4) is 0 Å². The zero-order valence-electron chi connectivity index (χ0n) is 6.74. The van der Waals surface area contributed by atoms with Gasteiger partial charge in [-0.1, -0.05) is 0 Å². The number of nitrogens with two attached hydrogens (primary N) is 1. The van der Waals surface area contributed by atoms with Crippen molar-refractivity contribution in [2.75, 3.05) is 0 Å². The molecule has 1 rings (SSSR count). The van der Waals surface area contributed by atoms with Gasteiger partial charge in [0.05, 0.1) is 6.54 Å². The van der Waals surface area contributed by atoms with Crippen LogP contribution in [-0.2, 0) is 6.54 Å². The lowest BCUT2D eigenvalue weighted by molar-refractivity contribution is 0.232. The van der Waals surface area contributed by atoms with E-state index in [9.17, 15) is 0 Å². The molecule has 1 aromatic heterocycles. The SMILES string of the molecule is Cc1ccsc1CN=C(N)NO. The molecule has 0 amide bonds. The molecule has 0 aromatic carbocycles. The first kappa shape index (κ1) is 9.02. The summed E-state index contributed by atoms with van der Waals surface area (Å²) in [5.41, 5.74) is 8.22. The Morgan fingerprint density at radius 1 is 1.83 bits per heavy atom. The first-order chi connectivity index (χ1) is 5.74. The zero-order valence-corrected chi connectivity index (χ0v) is 7.56. The van der Waals surface area contributed by atoms with Crippen LogP contribution in [-0.4, -0.2) is 11.2 Å². The number of hydrogen-bond donors (Lipinski definition) is 3. The monoisotopic (exact) mass is 185 g/mol. The van der Waals surface area contributed by atoms with E-state index >= 15 is 0 Å². The van der Waals surface area contributed by atoms with E-state index < -0.39 is 0 Å². The summed E-state index contributed by atoms with van der Waals surface area (Å²) in [6.45, 7) is 2.53. The highest BCUT2D eigenvalue weighted by atomic mass is 32.1. The minimum absolute atomic E-state index is 0.0443. The van der Waals surface area contributed by atoms with Crippen molar-refractivity contribution in [2.24, 2.45) is 10.7 Å². The number of aryl methyl sites for hydroxylation is 1. The molecular weight excluding hydrogens is 174 g/mol. The van der Waals surface area contributed by atoms with Crippen LogP contribution in [0.5, 0.6) is 0 Å². The molecule has 5 heteroatoms. The van der Waals surface area contributed by atoms with Crippen LogP contribution in [0, 0.1) is 6.92 Å². The smallest absolute Gasteiger partial charge is 0.213 e. The van der Waals surface area contributed by atoms with Crippen LogP contribution >= 0.6 is 11.3 Å². The molecule has 0 aliphatic rings. The van der Waals surface area contributed by atoms with Crippen molar-refractivity contribution < 1.29 is 5.21 Å². The molecule has 1 aromatic rings.